The highest BCUT2D eigenvalue weighted by Gasteiger charge is 2.21. The topological polar surface area (TPSA) is 55.8 Å². The van der Waals surface area contributed by atoms with Gasteiger partial charge in [-0.15, -0.1) is 0 Å². The summed E-state index contributed by atoms with van der Waals surface area (Å²) in [4.78, 5) is 23.5. The minimum atomic E-state index is -0.805. The van der Waals surface area contributed by atoms with Crippen LogP contribution in [0.25, 0.3) is 0 Å². The standard InChI is InChI=1S/C9H15NO4/c1-7(11)13-8(2)14-9(12)10-5-3-4-6-10/h8H,3-6H2,1-2H3. The zero-order chi connectivity index (χ0) is 10.6. The molecule has 0 spiro atoms. The summed E-state index contributed by atoms with van der Waals surface area (Å²) in [5, 5.41) is 0. The van der Waals surface area contributed by atoms with E-state index in [1.165, 1.54) is 13.8 Å². The molecule has 0 aromatic heterocycles. The molecule has 0 bridgehead atoms. The summed E-state index contributed by atoms with van der Waals surface area (Å²) in [5.74, 6) is -0.452. The van der Waals surface area contributed by atoms with Crippen LogP contribution in [0.4, 0.5) is 4.79 Å². The Balaban J connectivity index is 2.28. The van der Waals surface area contributed by atoms with Crippen LogP contribution in [0.15, 0.2) is 0 Å². The van der Waals surface area contributed by atoms with Crippen LogP contribution in [-0.2, 0) is 14.3 Å². The zero-order valence-electron chi connectivity index (χ0n) is 8.49. The number of amides is 1. The molecule has 5 nitrogen and oxygen atoms in total. The van der Waals surface area contributed by atoms with Crippen LogP contribution in [0, 0.1) is 0 Å². The second-order valence-corrected chi connectivity index (χ2v) is 3.25. The van der Waals surface area contributed by atoms with Gasteiger partial charge in [0.05, 0.1) is 0 Å². The molecule has 1 rings (SSSR count). The maximum absolute atomic E-state index is 11.3. The smallest absolute Gasteiger partial charge is 0.412 e. The third kappa shape index (κ3) is 3.24. The van der Waals surface area contributed by atoms with Crippen LogP contribution in [-0.4, -0.2) is 36.3 Å². The number of nitrogens with zero attached hydrogens (tertiary/aromatic N) is 1. The maximum Gasteiger partial charge on any atom is 0.412 e. The Morgan fingerprint density at radius 3 is 2.29 bits per heavy atom. The van der Waals surface area contributed by atoms with E-state index in [-0.39, 0.29) is 0 Å². The number of esters is 1. The fourth-order valence-corrected chi connectivity index (χ4v) is 1.37. The molecule has 80 valence electrons. The van der Waals surface area contributed by atoms with Crippen LogP contribution in [0.1, 0.15) is 26.7 Å². The molecule has 1 amide bonds. The summed E-state index contributed by atoms with van der Waals surface area (Å²) in [6, 6.07) is 0. The number of ether oxygens (including phenoxy) is 2. The first-order chi connectivity index (χ1) is 6.59. The minimum Gasteiger partial charge on any atom is -0.426 e. The van der Waals surface area contributed by atoms with Gasteiger partial charge >= 0.3 is 12.1 Å². The summed E-state index contributed by atoms with van der Waals surface area (Å²) >= 11 is 0. The van der Waals surface area contributed by atoms with Gasteiger partial charge in [-0.3, -0.25) is 4.79 Å². The first-order valence-electron chi connectivity index (χ1n) is 4.72. The average molecular weight is 201 g/mol. The Morgan fingerprint density at radius 1 is 1.21 bits per heavy atom. The van der Waals surface area contributed by atoms with E-state index < -0.39 is 18.4 Å². The molecule has 0 N–H and O–H groups in total. The fraction of sp³-hybridized carbons (Fsp3) is 0.778. The van der Waals surface area contributed by atoms with Gasteiger partial charge in [-0.05, 0) is 12.8 Å². The van der Waals surface area contributed by atoms with Gasteiger partial charge in [-0.25, -0.2) is 4.79 Å². The van der Waals surface area contributed by atoms with Crippen molar-refractivity contribution >= 4 is 12.1 Å². The molecule has 0 aromatic carbocycles. The van der Waals surface area contributed by atoms with Crippen LogP contribution in [0.3, 0.4) is 0 Å². The van der Waals surface area contributed by atoms with Crippen molar-refractivity contribution in [1.82, 2.24) is 4.90 Å². The van der Waals surface area contributed by atoms with Gasteiger partial charge in [0, 0.05) is 26.9 Å². The molecule has 5 heteroatoms. The molecular weight excluding hydrogens is 186 g/mol. The lowest BCUT2D eigenvalue weighted by atomic mass is 10.4. The van der Waals surface area contributed by atoms with E-state index in [4.69, 9.17) is 4.74 Å². The lowest BCUT2D eigenvalue weighted by molar-refractivity contribution is -0.163. The monoisotopic (exact) mass is 201 g/mol. The molecule has 1 aliphatic rings. The molecule has 1 aliphatic heterocycles. The highest BCUT2D eigenvalue weighted by molar-refractivity contribution is 5.69. The number of likely N-dealkylation sites (tertiary alicyclic amines) is 1. The number of carbonyl (C=O) groups excluding carboxylic acids is 2. The summed E-state index contributed by atoms with van der Waals surface area (Å²) < 4.78 is 9.56. The first-order valence-corrected chi connectivity index (χ1v) is 4.72. The molecule has 1 fully saturated rings. The number of hydrogen-bond donors (Lipinski definition) is 0. The third-order valence-electron chi connectivity index (χ3n) is 1.96. The van der Waals surface area contributed by atoms with Gasteiger partial charge in [0.1, 0.15) is 0 Å². The maximum atomic E-state index is 11.3. The minimum absolute atomic E-state index is 0.406. The molecule has 1 unspecified atom stereocenters. The number of hydrogen-bond acceptors (Lipinski definition) is 4. The van der Waals surface area contributed by atoms with E-state index >= 15 is 0 Å². The highest BCUT2D eigenvalue weighted by atomic mass is 16.7. The van der Waals surface area contributed by atoms with Crippen LogP contribution < -0.4 is 0 Å². The fourth-order valence-electron chi connectivity index (χ4n) is 1.37. The van der Waals surface area contributed by atoms with Crippen molar-refractivity contribution in [3.05, 3.63) is 0 Å². The molecule has 1 atom stereocenters. The quantitative estimate of drug-likeness (QED) is 0.496. The predicted octanol–water partition coefficient (Wildman–Crippen LogP) is 1.13. The molecule has 0 radical (unpaired) electrons. The van der Waals surface area contributed by atoms with E-state index in [0.29, 0.717) is 0 Å². The van der Waals surface area contributed by atoms with E-state index in [9.17, 15) is 9.59 Å². The van der Waals surface area contributed by atoms with Crippen LogP contribution >= 0.6 is 0 Å². The molecule has 0 aliphatic carbocycles. The van der Waals surface area contributed by atoms with Crippen molar-refractivity contribution in [3.63, 3.8) is 0 Å². The number of carbonyl (C=O) groups is 2. The molecule has 0 aromatic rings. The van der Waals surface area contributed by atoms with E-state index in [1.807, 2.05) is 0 Å². The Morgan fingerprint density at radius 2 is 1.79 bits per heavy atom. The average Bonchev–Trinajstić information content (AvgIpc) is 2.53. The SMILES string of the molecule is CC(=O)OC(C)OC(=O)N1CCCC1. The normalized spacial score (nSPS) is 17.7. The summed E-state index contributed by atoms with van der Waals surface area (Å²) in [6.07, 6.45) is 0.811. The zero-order valence-corrected chi connectivity index (χ0v) is 8.49. The molecule has 0 saturated carbocycles. The second-order valence-electron chi connectivity index (χ2n) is 3.25. The summed E-state index contributed by atoms with van der Waals surface area (Å²) in [6.45, 7) is 4.26. The van der Waals surface area contributed by atoms with Crippen molar-refractivity contribution in [3.8, 4) is 0 Å². The van der Waals surface area contributed by atoms with Crippen molar-refractivity contribution in [2.24, 2.45) is 0 Å². The predicted molar refractivity (Wildman–Crippen MR) is 48.5 cm³/mol. The Hall–Kier alpha value is -1.26. The lowest BCUT2D eigenvalue weighted by Crippen LogP contribution is -2.32. The Kier molecular flexibility index (Phi) is 3.73. The van der Waals surface area contributed by atoms with Gasteiger partial charge in [0.2, 0.25) is 6.29 Å². The second kappa shape index (κ2) is 4.83. The molecular formula is C9H15NO4. The van der Waals surface area contributed by atoms with Crippen molar-refractivity contribution < 1.29 is 19.1 Å². The highest BCUT2D eigenvalue weighted by Crippen LogP contribution is 2.10. The molecule has 1 saturated heterocycles. The van der Waals surface area contributed by atoms with Crippen LogP contribution in [0.2, 0.25) is 0 Å². The number of rotatable bonds is 2. The summed E-state index contributed by atoms with van der Waals surface area (Å²) in [5.41, 5.74) is 0. The van der Waals surface area contributed by atoms with Crippen molar-refractivity contribution in [1.29, 1.82) is 0 Å². The first kappa shape index (κ1) is 10.8. The lowest BCUT2D eigenvalue weighted by Gasteiger charge is -2.18. The third-order valence-corrected chi connectivity index (χ3v) is 1.96. The van der Waals surface area contributed by atoms with Gasteiger partial charge < -0.3 is 14.4 Å². The van der Waals surface area contributed by atoms with Crippen LogP contribution in [0.5, 0.6) is 0 Å². The van der Waals surface area contributed by atoms with E-state index in [0.717, 1.165) is 25.9 Å². The van der Waals surface area contributed by atoms with Crippen molar-refractivity contribution in [2.45, 2.75) is 33.0 Å². The van der Waals surface area contributed by atoms with Gasteiger partial charge in [0.25, 0.3) is 0 Å². The molecule has 14 heavy (non-hydrogen) atoms. The van der Waals surface area contributed by atoms with E-state index in [1.54, 1.807) is 4.90 Å². The van der Waals surface area contributed by atoms with Gasteiger partial charge in [0.15, 0.2) is 0 Å². The molecule has 1 heterocycles. The Bertz CT molecular complexity index is 223. The van der Waals surface area contributed by atoms with Gasteiger partial charge in [-0.2, -0.15) is 0 Å². The largest absolute Gasteiger partial charge is 0.426 e. The van der Waals surface area contributed by atoms with E-state index in [2.05, 4.69) is 4.74 Å². The Labute approximate surface area is 83.0 Å². The van der Waals surface area contributed by atoms with Crippen molar-refractivity contribution in [2.75, 3.05) is 13.1 Å². The van der Waals surface area contributed by atoms with Gasteiger partial charge in [-0.1, -0.05) is 0 Å². The summed E-state index contributed by atoms with van der Waals surface area (Å²) in [7, 11) is 0.